The van der Waals surface area contributed by atoms with E-state index >= 15 is 0 Å². The van der Waals surface area contributed by atoms with Gasteiger partial charge >= 0.3 is 6.18 Å². The zero-order chi connectivity index (χ0) is 14.8. The van der Waals surface area contributed by atoms with Gasteiger partial charge in [0.15, 0.2) is 0 Å². The normalized spacial score (nSPS) is 17.0. The van der Waals surface area contributed by atoms with E-state index in [-0.39, 0.29) is 11.9 Å². The molecule has 0 unspecified atom stereocenters. The molecule has 2 heterocycles. The summed E-state index contributed by atoms with van der Waals surface area (Å²) in [5, 5.41) is 0. The van der Waals surface area contributed by atoms with Gasteiger partial charge in [0.1, 0.15) is 5.69 Å². The van der Waals surface area contributed by atoms with Gasteiger partial charge in [0.05, 0.1) is 0 Å². The predicted octanol–water partition coefficient (Wildman–Crippen LogP) is 1.55. The van der Waals surface area contributed by atoms with Gasteiger partial charge in [-0.1, -0.05) is 0 Å². The number of anilines is 1. The van der Waals surface area contributed by atoms with Crippen molar-refractivity contribution >= 4 is 11.9 Å². The Morgan fingerprint density at radius 1 is 1.25 bits per heavy atom. The molecular formula is C12H15F3N4O. The van der Waals surface area contributed by atoms with Crippen LogP contribution in [0.3, 0.4) is 0 Å². The highest BCUT2D eigenvalue weighted by molar-refractivity contribution is 5.73. The second-order valence-corrected chi connectivity index (χ2v) is 4.59. The molecule has 0 spiro atoms. The van der Waals surface area contributed by atoms with E-state index < -0.39 is 11.9 Å². The highest BCUT2D eigenvalue weighted by atomic mass is 19.4. The van der Waals surface area contributed by atoms with Crippen LogP contribution in [0.1, 0.15) is 19.0 Å². The van der Waals surface area contributed by atoms with Crippen molar-refractivity contribution in [3.8, 4) is 0 Å². The molecule has 1 aromatic heterocycles. The maximum Gasteiger partial charge on any atom is 0.433 e. The fourth-order valence-corrected chi connectivity index (χ4v) is 2.09. The Labute approximate surface area is 114 Å². The van der Waals surface area contributed by atoms with Gasteiger partial charge in [-0.15, -0.1) is 0 Å². The van der Waals surface area contributed by atoms with E-state index in [1.807, 2.05) is 0 Å². The monoisotopic (exact) mass is 288 g/mol. The van der Waals surface area contributed by atoms with Gasteiger partial charge in [-0.3, -0.25) is 4.79 Å². The standard InChI is InChI=1S/C12H15F3N4O/c1-9(20)18-5-2-6-19(8-7-18)11-16-4-3-10(17-11)12(13,14)15/h3-4H,2,5-8H2,1H3. The van der Waals surface area contributed by atoms with Gasteiger partial charge in [-0.25, -0.2) is 9.97 Å². The summed E-state index contributed by atoms with van der Waals surface area (Å²) >= 11 is 0. The van der Waals surface area contributed by atoms with E-state index in [2.05, 4.69) is 9.97 Å². The third-order valence-corrected chi connectivity index (χ3v) is 3.16. The quantitative estimate of drug-likeness (QED) is 0.787. The molecule has 1 aliphatic rings. The fourth-order valence-electron chi connectivity index (χ4n) is 2.09. The fraction of sp³-hybridized carbons (Fsp3) is 0.583. The third-order valence-electron chi connectivity index (χ3n) is 3.16. The third kappa shape index (κ3) is 3.37. The van der Waals surface area contributed by atoms with Gasteiger partial charge in [0.2, 0.25) is 11.9 Å². The highest BCUT2D eigenvalue weighted by Gasteiger charge is 2.33. The van der Waals surface area contributed by atoms with E-state index in [9.17, 15) is 18.0 Å². The molecule has 1 fully saturated rings. The number of halogens is 3. The van der Waals surface area contributed by atoms with Crippen LogP contribution in [0.15, 0.2) is 12.3 Å². The van der Waals surface area contributed by atoms with Crippen LogP contribution in [0.4, 0.5) is 19.1 Å². The maximum absolute atomic E-state index is 12.6. The lowest BCUT2D eigenvalue weighted by molar-refractivity contribution is -0.141. The SMILES string of the molecule is CC(=O)N1CCCN(c2nccc(C(F)(F)F)n2)CC1. The average Bonchev–Trinajstić information content (AvgIpc) is 2.63. The van der Waals surface area contributed by atoms with E-state index in [1.54, 1.807) is 9.80 Å². The Balaban J connectivity index is 2.14. The molecule has 1 saturated heterocycles. The summed E-state index contributed by atoms with van der Waals surface area (Å²) in [6.45, 7) is 3.52. The van der Waals surface area contributed by atoms with Crippen LogP contribution < -0.4 is 4.90 Å². The molecule has 0 saturated carbocycles. The lowest BCUT2D eigenvalue weighted by Gasteiger charge is -2.21. The molecule has 0 bridgehead atoms. The number of hydrogen-bond donors (Lipinski definition) is 0. The zero-order valence-corrected chi connectivity index (χ0v) is 11.0. The molecule has 5 nitrogen and oxygen atoms in total. The molecule has 0 aromatic carbocycles. The van der Waals surface area contributed by atoms with Crippen molar-refractivity contribution in [3.63, 3.8) is 0 Å². The average molecular weight is 288 g/mol. The van der Waals surface area contributed by atoms with Crippen molar-refractivity contribution in [1.29, 1.82) is 0 Å². The highest BCUT2D eigenvalue weighted by Crippen LogP contribution is 2.28. The van der Waals surface area contributed by atoms with Gasteiger partial charge in [0, 0.05) is 39.3 Å². The number of aromatic nitrogens is 2. The molecule has 2 rings (SSSR count). The molecule has 110 valence electrons. The Kier molecular flexibility index (Phi) is 4.10. The number of carbonyl (C=O) groups is 1. The first-order chi connectivity index (χ1) is 9.38. The first-order valence-corrected chi connectivity index (χ1v) is 6.28. The predicted molar refractivity (Wildman–Crippen MR) is 66.1 cm³/mol. The zero-order valence-electron chi connectivity index (χ0n) is 11.0. The molecule has 0 aliphatic carbocycles. The molecule has 0 N–H and O–H groups in total. The van der Waals surface area contributed by atoms with E-state index in [0.717, 1.165) is 12.3 Å². The van der Waals surface area contributed by atoms with Crippen molar-refractivity contribution in [2.24, 2.45) is 0 Å². The van der Waals surface area contributed by atoms with Crippen LogP contribution in [-0.2, 0) is 11.0 Å². The number of hydrogen-bond acceptors (Lipinski definition) is 4. The van der Waals surface area contributed by atoms with E-state index in [1.165, 1.54) is 6.92 Å². The lowest BCUT2D eigenvalue weighted by atomic mass is 10.4. The molecule has 1 aromatic rings. The first kappa shape index (κ1) is 14.5. The van der Waals surface area contributed by atoms with Crippen LogP contribution in [0.5, 0.6) is 0 Å². The Morgan fingerprint density at radius 3 is 2.65 bits per heavy atom. The van der Waals surface area contributed by atoms with E-state index in [0.29, 0.717) is 32.6 Å². The number of nitrogens with zero attached hydrogens (tertiary/aromatic N) is 4. The second kappa shape index (κ2) is 5.64. The van der Waals surface area contributed by atoms with Gasteiger partial charge in [-0.05, 0) is 12.5 Å². The van der Waals surface area contributed by atoms with Gasteiger partial charge in [-0.2, -0.15) is 13.2 Å². The topological polar surface area (TPSA) is 49.3 Å². The number of amides is 1. The lowest BCUT2D eigenvalue weighted by Crippen LogP contribution is -2.34. The number of carbonyl (C=O) groups excluding carboxylic acids is 1. The summed E-state index contributed by atoms with van der Waals surface area (Å²) in [6, 6.07) is 0.850. The summed E-state index contributed by atoms with van der Waals surface area (Å²) < 4.78 is 37.9. The molecule has 0 radical (unpaired) electrons. The van der Waals surface area contributed by atoms with Crippen molar-refractivity contribution < 1.29 is 18.0 Å². The van der Waals surface area contributed by atoms with Crippen LogP contribution in [-0.4, -0.2) is 47.0 Å². The van der Waals surface area contributed by atoms with Crippen LogP contribution in [0, 0.1) is 0 Å². The molecule has 0 atom stereocenters. The van der Waals surface area contributed by atoms with Gasteiger partial charge in [0.25, 0.3) is 0 Å². The van der Waals surface area contributed by atoms with Gasteiger partial charge < -0.3 is 9.80 Å². The van der Waals surface area contributed by atoms with Crippen molar-refractivity contribution in [3.05, 3.63) is 18.0 Å². The smallest absolute Gasteiger partial charge is 0.341 e. The molecule has 1 aliphatic heterocycles. The van der Waals surface area contributed by atoms with Crippen molar-refractivity contribution in [2.75, 3.05) is 31.1 Å². The molecule has 1 amide bonds. The minimum absolute atomic E-state index is 0.0307. The molecule has 8 heteroatoms. The Bertz CT molecular complexity index is 492. The number of alkyl halides is 3. The van der Waals surface area contributed by atoms with E-state index in [4.69, 9.17) is 0 Å². The number of rotatable bonds is 1. The summed E-state index contributed by atoms with van der Waals surface area (Å²) in [5.74, 6) is 0.0297. The maximum atomic E-state index is 12.6. The van der Waals surface area contributed by atoms with Crippen LogP contribution in [0.25, 0.3) is 0 Å². The molecular weight excluding hydrogens is 273 g/mol. The van der Waals surface area contributed by atoms with Crippen molar-refractivity contribution in [1.82, 2.24) is 14.9 Å². The van der Waals surface area contributed by atoms with Crippen LogP contribution in [0.2, 0.25) is 0 Å². The minimum Gasteiger partial charge on any atom is -0.341 e. The Morgan fingerprint density at radius 2 is 2.00 bits per heavy atom. The summed E-state index contributed by atoms with van der Waals surface area (Å²) in [6.07, 6.45) is -2.69. The first-order valence-electron chi connectivity index (χ1n) is 6.28. The molecule has 20 heavy (non-hydrogen) atoms. The van der Waals surface area contributed by atoms with Crippen molar-refractivity contribution in [2.45, 2.75) is 19.5 Å². The summed E-state index contributed by atoms with van der Waals surface area (Å²) in [5.41, 5.74) is -0.949. The summed E-state index contributed by atoms with van der Waals surface area (Å²) in [7, 11) is 0. The summed E-state index contributed by atoms with van der Waals surface area (Å²) in [4.78, 5) is 22.1. The second-order valence-electron chi connectivity index (χ2n) is 4.59. The minimum atomic E-state index is -4.48. The van der Waals surface area contributed by atoms with Crippen LogP contribution >= 0.6 is 0 Å². The Hall–Kier alpha value is -1.86. The largest absolute Gasteiger partial charge is 0.433 e.